The van der Waals surface area contributed by atoms with Gasteiger partial charge in [-0.2, -0.15) is 0 Å². The molecule has 4 heteroatoms. The zero-order chi connectivity index (χ0) is 11.3. The third-order valence-electron chi connectivity index (χ3n) is 1.98. The number of Topliss-reactive ketones (excluding diaryl/α,β-unsaturated/α-hetero) is 1. The molecule has 4 nitrogen and oxygen atoms in total. The minimum Gasteiger partial charge on any atom is -0.491 e. The summed E-state index contributed by atoms with van der Waals surface area (Å²) in [7, 11) is 0. The molecule has 1 aromatic heterocycles. The van der Waals surface area contributed by atoms with E-state index < -0.39 is 0 Å². The largest absolute Gasteiger partial charge is 0.491 e. The maximum absolute atomic E-state index is 11.5. The average Bonchev–Trinajstić information content (AvgIpc) is 2.28. The number of hydrogen-bond acceptors (Lipinski definition) is 4. The lowest BCUT2D eigenvalue weighted by molar-refractivity contribution is 0.0979. The Morgan fingerprint density at radius 2 is 2.27 bits per heavy atom. The smallest absolute Gasteiger partial charge is 0.184 e. The van der Waals surface area contributed by atoms with E-state index in [9.17, 15) is 4.79 Å². The van der Waals surface area contributed by atoms with Crippen LogP contribution in [0, 0.1) is 0 Å². The Bertz CT molecular complexity index is 350. The Kier molecular flexibility index (Phi) is 4.24. The number of aliphatic hydroxyl groups is 1. The van der Waals surface area contributed by atoms with Crippen molar-refractivity contribution in [1.29, 1.82) is 0 Å². The minimum atomic E-state index is -0.104. The molecule has 0 radical (unpaired) electrons. The molecular weight excluding hydrogens is 194 g/mol. The maximum Gasteiger partial charge on any atom is 0.184 e. The topological polar surface area (TPSA) is 59.4 Å². The molecule has 0 atom stereocenters. The molecule has 0 aliphatic heterocycles. The maximum atomic E-state index is 11.5. The van der Waals surface area contributed by atoms with Crippen molar-refractivity contribution in [3.8, 4) is 5.75 Å². The predicted molar refractivity (Wildman–Crippen MR) is 56.0 cm³/mol. The zero-order valence-corrected chi connectivity index (χ0v) is 8.99. The SMILES string of the molecule is CCOc1cc(CO)cnc1C(=O)CC. The van der Waals surface area contributed by atoms with E-state index in [-0.39, 0.29) is 12.4 Å². The lowest BCUT2D eigenvalue weighted by Crippen LogP contribution is -2.06. The molecule has 1 aromatic rings. The molecule has 0 bridgehead atoms. The van der Waals surface area contributed by atoms with E-state index in [2.05, 4.69) is 4.98 Å². The van der Waals surface area contributed by atoms with Crippen LogP contribution in [0.5, 0.6) is 5.75 Å². The van der Waals surface area contributed by atoms with Crippen molar-refractivity contribution in [2.45, 2.75) is 26.9 Å². The Morgan fingerprint density at radius 3 is 2.80 bits per heavy atom. The van der Waals surface area contributed by atoms with Crippen molar-refractivity contribution >= 4 is 5.78 Å². The highest BCUT2D eigenvalue weighted by Crippen LogP contribution is 2.19. The van der Waals surface area contributed by atoms with Gasteiger partial charge in [-0.25, -0.2) is 4.98 Å². The van der Waals surface area contributed by atoms with Crippen LogP contribution < -0.4 is 4.74 Å². The summed E-state index contributed by atoms with van der Waals surface area (Å²) >= 11 is 0. The van der Waals surface area contributed by atoms with Crippen molar-refractivity contribution in [2.24, 2.45) is 0 Å². The molecule has 0 spiro atoms. The number of ether oxygens (including phenoxy) is 1. The van der Waals surface area contributed by atoms with Crippen LogP contribution in [0.2, 0.25) is 0 Å². The first-order valence-corrected chi connectivity index (χ1v) is 4.98. The van der Waals surface area contributed by atoms with Crippen LogP contribution in [0.1, 0.15) is 36.3 Å². The molecule has 0 saturated heterocycles. The van der Waals surface area contributed by atoms with Gasteiger partial charge < -0.3 is 9.84 Å². The highest BCUT2D eigenvalue weighted by Gasteiger charge is 2.12. The fourth-order valence-corrected chi connectivity index (χ4v) is 1.21. The van der Waals surface area contributed by atoms with Crippen molar-refractivity contribution < 1.29 is 14.6 Å². The van der Waals surface area contributed by atoms with E-state index in [1.54, 1.807) is 13.0 Å². The number of aromatic nitrogens is 1. The molecule has 0 aromatic carbocycles. The number of carbonyl (C=O) groups excluding carboxylic acids is 1. The summed E-state index contributed by atoms with van der Waals surface area (Å²) in [5.74, 6) is 0.402. The molecule has 1 N–H and O–H groups in total. The summed E-state index contributed by atoms with van der Waals surface area (Å²) < 4.78 is 5.31. The van der Waals surface area contributed by atoms with Crippen molar-refractivity contribution in [2.75, 3.05) is 6.61 Å². The number of nitrogens with zero attached hydrogens (tertiary/aromatic N) is 1. The first-order chi connectivity index (χ1) is 7.22. The molecule has 0 fully saturated rings. The fourth-order valence-electron chi connectivity index (χ4n) is 1.21. The molecule has 0 aliphatic rings. The van der Waals surface area contributed by atoms with Gasteiger partial charge in [-0.3, -0.25) is 4.79 Å². The highest BCUT2D eigenvalue weighted by molar-refractivity contribution is 5.96. The van der Waals surface area contributed by atoms with Crippen molar-refractivity contribution in [3.05, 3.63) is 23.5 Å². The number of carbonyl (C=O) groups is 1. The van der Waals surface area contributed by atoms with Crippen LogP contribution in [-0.2, 0) is 6.61 Å². The number of aliphatic hydroxyl groups excluding tert-OH is 1. The Morgan fingerprint density at radius 1 is 1.53 bits per heavy atom. The second-order valence-corrected chi connectivity index (χ2v) is 3.06. The van der Waals surface area contributed by atoms with Crippen LogP contribution in [0.3, 0.4) is 0 Å². The van der Waals surface area contributed by atoms with Crippen molar-refractivity contribution in [1.82, 2.24) is 4.98 Å². The van der Waals surface area contributed by atoms with E-state index in [1.165, 1.54) is 6.20 Å². The van der Waals surface area contributed by atoms with E-state index in [0.29, 0.717) is 30.0 Å². The standard InChI is InChI=1S/C11H15NO3/c1-3-9(14)11-10(15-4-2)5-8(7-13)6-12-11/h5-6,13H,3-4,7H2,1-2H3. The molecule has 0 aliphatic carbocycles. The van der Waals surface area contributed by atoms with Gasteiger partial charge in [0, 0.05) is 12.6 Å². The summed E-state index contributed by atoms with van der Waals surface area (Å²) in [5.41, 5.74) is 0.989. The van der Waals surface area contributed by atoms with Gasteiger partial charge in [-0.1, -0.05) is 6.92 Å². The van der Waals surface area contributed by atoms with Gasteiger partial charge in [-0.05, 0) is 18.6 Å². The fraction of sp³-hybridized carbons (Fsp3) is 0.455. The molecule has 1 heterocycles. The van der Waals surface area contributed by atoms with Gasteiger partial charge >= 0.3 is 0 Å². The van der Waals surface area contributed by atoms with E-state index >= 15 is 0 Å². The zero-order valence-electron chi connectivity index (χ0n) is 8.99. The first kappa shape index (κ1) is 11.7. The van der Waals surface area contributed by atoms with Gasteiger partial charge in [-0.15, -0.1) is 0 Å². The lowest BCUT2D eigenvalue weighted by atomic mass is 10.1. The molecular formula is C11H15NO3. The lowest BCUT2D eigenvalue weighted by Gasteiger charge is -2.08. The van der Waals surface area contributed by atoms with E-state index in [1.807, 2.05) is 6.92 Å². The predicted octanol–water partition coefficient (Wildman–Crippen LogP) is 1.57. The van der Waals surface area contributed by atoms with E-state index in [4.69, 9.17) is 9.84 Å². The number of ketones is 1. The van der Waals surface area contributed by atoms with Crippen LogP contribution in [0.15, 0.2) is 12.3 Å². The van der Waals surface area contributed by atoms with Gasteiger partial charge in [0.2, 0.25) is 0 Å². The quantitative estimate of drug-likeness (QED) is 0.748. The van der Waals surface area contributed by atoms with Gasteiger partial charge in [0.1, 0.15) is 11.4 Å². The normalized spacial score (nSPS) is 10.1. The molecule has 82 valence electrons. The molecule has 0 unspecified atom stereocenters. The van der Waals surface area contributed by atoms with Gasteiger partial charge in [0.05, 0.1) is 13.2 Å². The van der Waals surface area contributed by atoms with Gasteiger partial charge in [0.15, 0.2) is 5.78 Å². The Balaban J connectivity index is 3.08. The average molecular weight is 209 g/mol. The second-order valence-electron chi connectivity index (χ2n) is 3.06. The number of pyridine rings is 1. The Labute approximate surface area is 88.9 Å². The summed E-state index contributed by atoms with van der Waals surface area (Å²) in [4.78, 5) is 15.5. The molecule has 1 rings (SSSR count). The summed E-state index contributed by atoms with van der Waals surface area (Å²) in [6.45, 7) is 3.99. The molecule has 15 heavy (non-hydrogen) atoms. The number of rotatable bonds is 5. The van der Waals surface area contributed by atoms with Crippen LogP contribution in [0.25, 0.3) is 0 Å². The minimum absolute atomic E-state index is 0.0528. The molecule has 0 saturated carbocycles. The van der Waals surface area contributed by atoms with E-state index in [0.717, 1.165) is 0 Å². The summed E-state index contributed by atoms with van der Waals surface area (Å²) in [6.07, 6.45) is 1.89. The van der Waals surface area contributed by atoms with Crippen LogP contribution in [0.4, 0.5) is 0 Å². The highest BCUT2D eigenvalue weighted by atomic mass is 16.5. The first-order valence-electron chi connectivity index (χ1n) is 4.98. The second kappa shape index (κ2) is 5.46. The van der Waals surface area contributed by atoms with Gasteiger partial charge in [0.25, 0.3) is 0 Å². The third kappa shape index (κ3) is 2.76. The summed E-state index contributed by atoms with van der Waals surface area (Å²) in [6, 6.07) is 1.65. The Hall–Kier alpha value is -1.42. The van der Waals surface area contributed by atoms with Crippen LogP contribution in [-0.4, -0.2) is 22.5 Å². The number of hydrogen-bond donors (Lipinski definition) is 1. The van der Waals surface area contributed by atoms with Crippen LogP contribution >= 0.6 is 0 Å². The monoisotopic (exact) mass is 209 g/mol. The molecule has 0 amide bonds. The summed E-state index contributed by atoms with van der Waals surface area (Å²) in [5, 5.41) is 8.94. The van der Waals surface area contributed by atoms with Crippen molar-refractivity contribution in [3.63, 3.8) is 0 Å². The third-order valence-corrected chi connectivity index (χ3v) is 1.98.